The van der Waals surface area contributed by atoms with Gasteiger partial charge in [-0.25, -0.2) is 0 Å². The Bertz CT molecular complexity index is 609. The van der Waals surface area contributed by atoms with Crippen molar-refractivity contribution in [2.24, 2.45) is 0 Å². The average Bonchev–Trinajstić information content (AvgIpc) is 2.46. The molecule has 0 amide bonds. The van der Waals surface area contributed by atoms with Gasteiger partial charge in [0.05, 0.1) is 22.6 Å². The predicted molar refractivity (Wildman–Crippen MR) is 75.0 cm³/mol. The first-order valence-corrected chi connectivity index (χ1v) is 6.70. The van der Waals surface area contributed by atoms with E-state index in [1.165, 1.54) is 18.2 Å². The highest BCUT2D eigenvalue weighted by Crippen LogP contribution is 2.31. The van der Waals surface area contributed by atoms with Crippen molar-refractivity contribution >= 4 is 17.3 Å². The topological polar surface area (TPSA) is 107 Å². The molecule has 1 heterocycles. The van der Waals surface area contributed by atoms with Crippen LogP contribution in [-0.2, 0) is 4.79 Å². The van der Waals surface area contributed by atoms with E-state index in [0.29, 0.717) is 12.2 Å². The molecule has 1 aliphatic heterocycles. The molecule has 7 heteroatoms. The molecule has 1 unspecified atom stereocenters. The van der Waals surface area contributed by atoms with Crippen LogP contribution in [0.1, 0.15) is 31.2 Å². The fourth-order valence-electron chi connectivity index (χ4n) is 2.71. The minimum Gasteiger partial charge on any atom is -0.481 e. The summed E-state index contributed by atoms with van der Waals surface area (Å²) in [6.07, 6.45) is 2.61. The minimum atomic E-state index is -0.882. The molecule has 1 aliphatic rings. The molecule has 1 fully saturated rings. The highest BCUT2D eigenvalue weighted by Gasteiger charge is 2.27. The van der Waals surface area contributed by atoms with Crippen LogP contribution in [0.4, 0.5) is 11.4 Å². The first kappa shape index (κ1) is 14.8. The standard InChI is InChI=1S/C14H15N3O4/c15-9-10-7-12(17(20)21)4-5-13(10)16-6-2-1-3-11(16)8-14(18)19/h4-5,7,11H,1-3,6,8H2,(H,18,19). The Hall–Kier alpha value is -2.62. The van der Waals surface area contributed by atoms with Gasteiger partial charge >= 0.3 is 5.97 Å². The van der Waals surface area contributed by atoms with E-state index in [4.69, 9.17) is 5.11 Å². The number of carbonyl (C=O) groups is 1. The van der Waals surface area contributed by atoms with E-state index < -0.39 is 10.9 Å². The van der Waals surface area contributed by atoms with Crippen molar-refractivity contribution in [3.63, 3.8) is 0 Å². The monoisotopic (exact) mass is 289 g/mol. The normalized spacial score (nSPS) is 18.0. The van der Waals surface area contributed by atoms with Crippen LogP contribution >= 0.6 is 0 Å². The van der Waals surface area contributed by atoms with Gasteiger partial charge in [-0.05, 0) is 25.3 Å². The maximum atomic E-state index is 11.0. The van der Waals surface area contributed by atoms with Crippen molar-refractivity contribution in [2.75, 3.05) is 11.4 Å². The summed E-state index contributed by atoms with van der Waals surface area (Å²) in [6.45, 7) is 0.657. The Morgan fingerprint density at radius 2 is 2.29 bits per heavy atom. The molecule has 110 valence electrons. The summed E-state index contributed by atoms with van der Waals surface area (Å²) in [5.74, 6) is -0.882. The summed E-state index contributed by atoms with van der Waals surface area (Å²) >= 11 is 0. The Labute approximate surface area is 121 Å². The van der Waals surface area contributed by atoms with Gasteiger partial charge in [0.2, 0.25) is 0 Å². The highest BCUT2D eigenvalue weighted by molar-refractivity contribution is 5.70. The molecule has 7 nitrogen and oxygen atoms in total. The van der Waals surface area contributed by atoms with E-state index in [1.807, 2.05) is 11.0 Å². The van der Waals surface area contributed by atoms with Crippen LogP contribution in [0.25, 0.3) is 0 Å². The van der Waals surface area contributed by atoms with Crippen molar-refractivity contribution in [3.05, 3.63) is 33.9 Å². The SMILES string of the molecule is N#Cc1cc([N+](=O)[O-])ccc1N1CCCCC1CC(=O)O. The molecule has 2 rings (SSSR count). The van der Waals surface area contributed by atoms with Gasteiger partial charge in [0.25, 0.3) is 5.69 Å². The summed E-state index contributed by atoms with van der Waals surface area (Å²) in [7, 11) is 0. The summed E-state index contributed by atoms with van der Waals surface area (Å²) in [5, 5.41) is 29.0. The molecule has 0 radical (unpaired) electrons. The summed E-state index contributed by atoms with van der Waals surface area (Å²) in [6, 6.07) is 5.92. The first-order valence-electron chi connectivity index (χ1n) is 6.70. The van der Waals surface area contributed by atoms with E-state index in [2.05, 4.69) is 0 Å². The molecule has 1 saturated heterocycles. The number of rotatable bonds is 4. The average molecular weight is 289 g/mol. The lowest BCUT2D eigenvalue weighted by Crippen LogP contribution is -2.41. The molecule has 0 saturated carbocycles. The molecule has 1 atom stereocenters. The Balaban J connectivity index is 2.36. The van der Waals surface area contributed by atoms with E-state index in [9.17, 15) is 20.2 Å². The Kier molecular flexibility index (Phi) is 4.38. The van der Waals surface area contributed by atoms with Crippen molar-refractivity contribution < 1.29 is 14.8 Å². The molecule has 0 aromatic heterocycles. The lowest BCUT2D eigenvalue weighted by atomic mass is 9.97. The summed E-state index contributed by atoms with van der Waals surface area (Å²) in [4.78, 5) is 23.1. The van der Waals surface area contributed by atoms with Gasteiger partial charge in [0.1, 0.15) is 6.07 Å². The molecule has 21 heavy (non-hydrogen) atoms. The fraction of sp³-hybridized carbons (Fsp3) is 0.429. The number of nitro benzene ring substituents is 1. The molecular weight excluding hydrogens is 274 g/mol. The van der Waals surface area contributed by atoms with Crippen LogP contribution in [-0.4, -0.2) is 28.6 Å². The van der Waals surface area contributed by atoms with Gasteiger partial charge in [-0.1, -0.05) is 0 Å². The largest absolute Gasteiger partial charge is 0.481 e. The molecule has 0 bridgehead atoms. The molecule has 0 aliphatic carbocycles. The smallest absolute Gasteiger partial charge is 0.305 e. The maximum Gasteiger partial charge on any atom is 0.305 e. The van der Waals surface area contributed by atoms with Gasteiger partial charge < -0.3 is 10.0 Å². The molecule has 1 aromatic carbocycles. The number of non-ortho nitro benzene ring substituents is 1. The van der Waals surface area contributed by atoms with Crippen LogP contribution in [0.15, 0.2) is 18.2 Å². The number of carboxylic acid groups (broad SMARTS) is 1. The van der Waals surface area contributed by atoms with E-state index in [0.717, 1.165) is 19.3 Å². The van der Waals surface area contributed by atoms with Crippen LogP contribution in [0, 0.1) is 21.4 Å². The van der Waals surface area contributed by atoms with Crippen molar-refractivity contribution in [3.8, 4) is 6.07 Å². The number of nitro groups is 1. The zero-order valence-corrected chi connectivity index (χ0v) is 11.4. The molecular formula is C14H15N3O4. The Morgan fingerprint density at radius 3 is 2.90 bits per heavy atom. The van der Waals surface area contributed by atoms with E-state index in [1.54, 1.807) is 0 Å². The fourth-order valence-corrected chi connectivity index (χ4v) is 2.71. The maximum absolute atomic E-state index is 11.0. The zero-order valence-electron chi connectivity index (χ0n) is 11.4. The number of piperidine rings is 1. The first-order chi connectivity index (χ1) is 10.0. The zero-order chi connectivity index (χ0) is 15.4. The number of hydrogen-bond donors (Lipinski definition) is 1. The van der Waals surface area contributed by atoms with Gasteiger partial charge in [0, 0.05) is 24.7 Å². The third kappa shape index (κ3) is 3.28. The number of hydrogen-bond acceptors (Lipinski definition) is 5. The second-order valence-corrected chi connectivity index (χ2v) is 5.01. The number of carboxylic acids is 1. The quantitative estimate of drug-likeness (QED) is 0.673. The Morgan fingerprint density at radius 1 is 1.52 bits per heavy atom. The van der Waals surface area contributed by atoms with Crippen LogP contribution in [0.3, 0.4) is 0 Å². The van der Waals surface area contributed by atoms with Gasteiger partial charge in [0.15, 0.2) is 0 Å². The van der Waals surface area contributed by atoms with Crippen molar-refractivity contribution in [2.45, 2.75) is 31.7 Å². The minimum absolute atomic E-state index is 0.00184. The highest BCUT2D eigenvalue weighted by atomic mass is 16.6. The number of anilines is 1. The molecule has 1 N–H and O–H groups in total. The second-order valence-electron chi connectivity index (χ2n) is 5.01. The third-order valence-electron chi connectivity index (χ3n) is 3.66. The van der Waals surface area contributed by atoms with Gasteiger partial charge in [-0.3, -0.25) is 14.9 Å². The van der Waals surface area contributed by atoms with Crippen molar-refractivity contribution in [1.29, 1.82) is 5.26 Å². The van der Waals surface area contributed by atoms with Gasteiger partial charge in [-0.15, -0.1) is 0 Å². The van der Waals surface area contributed by atoms with Crippen LogP contribution < -0.4 is 4.90 Å². The van der Waals surface area contributed by atoms with Crippen molar-refractivity contribution in [1.82, 2.24) is 0 Å². The van der Waals surface area contributed by atoms with Crippen LogP contribution in [0.2, 0.25) is 0 Å². The number of aliphatic carboxylic acids is 1. The summed E-state index contributed by atoms with van der Waals surface area (Å²) in [5.41, 5.74) is 0.651. The number of benzene rings is 1. The van der Waals surface area contributed by atoms with Gasteiger partial charge in [-0.2, -0.15) is 5.26 Å². The molecule has 1 aromatic rings. The number of nitrogens with zero attached hydrogens (tertiary/aromatic N) is 3. The van der Waals surface area contributed by atoms with E-state index >= 15 is 0 Å². The number of nitriles is 1. The van der Waals surface area contributed by atoms with Crippen LogP contribution in [0.5, 0.6) is 0 Å². The summed E-state index contributed by atoms with van der Waals surface area (Å²) < 4.78 is 0. The lowest BCUT2D eigenvalue weighted by molar-refractivity contribution is -0.384. The lowest BCUT2D eigenvalue weighted by Gasteiger charge is -2.37. The predicted octanol–water partition coefficient (Wildman–Crippen LogP) is 2.30. The molecule has 0 spiro atoms. The third-order valence-corrected chi connectivity index (χ3v) is 3.66. The second kappa shape index (κ2) is 6.22. The van der Waals surface area contributed by atoms with E-state index in [-0.39, 0.29) is 23.7 Å².